The van der Waals surface area contributed by atoms with E-state index in [1.54, 1.807) is 4.90 Å². The Labute approximate surface area is 119 Å². The van der Waals surface area contributed by atoms with Gasteiger partial charge in [-0.15, -0.1) is 0 Å². The highest BCUT2D eigenvalue weighted by molar-refractivity contribution is 5.80. The lowest BCUT2D eigenvalue weighted by Crippen LogP contribution is -2.45. The van der Waals surface area contributed by atoms with Gasteiger partial charge in [-0.05, 0) is 31.2 Å². The number of urea groups is 1. The molecule has 2 aliphatic heterocycles. The maximum atomic E-state index is 12.5. The van der Waals surface area contributed by atoms with Crippen LogP contribution in [0.2, 0.25) is 0 Å². The van der Waals surface area contributed by atoms with Crippen molar-refractivity contribution in [2.75, 3.05) is 32.7 Å². The summed E-state index contributed by atoms with van der Waals surface area (Å²) in [5.41, 5.74) is 4.85. The number of carboxylic acid groups (broad SMARTS) is 1. The molecule has 2 rings (SSSR count). The largest absolute Gasteiger partial charge is 0.481 e. The molecule has 0 bridgehead atoms. The van der Waals surface area contributed by atoms with Crippen molar-refractivity contribution in [2.45, 2.75) is 26.7 Å². The Morgan fingerprint density at radius 2 is 2.05 bits per heavy atom. The van der Waals surface area contributed by atoms with Gasteiger partial charge in [0.25, 0.3) is 0 Å². The zero-order valence-corrected chi connectivity index (χ0v) is 12.3. The summed E-state index contributed by atoms with van der Waals surface area (Å²) in [6.45, 7) is 6.74. The first-order valence-electron chi connectivity index (χ1n) is 7.38. The van der Waals surface area contributed by atoms with Gasteiger partial charge in [-0.3, -0.25) is 4.79 Å². The van der Waals surface area contributed by atoms with Crippen LogP contribution < -0.4 is 5.73 Å². The summed E-state index contributed by atoms with van der Waals surface area (Å²) in [6, 6.07) is -0.0234. The molecule has 0 saturated carbocycles. The lowest BCUT2D eigenvalue weighted by Gasteiger charge is -2.30. The van der Waals surface area contributed by atoms with Crippen LogP contribution in [-0.4, -0.2) is 59.6 Å². The number of nitrogens with zero attached hydrogens (tertiary/aromatic N) is 2. The Kier molecular flexibility index (Phi) is 4.22. The van der Waals surface area contributed by atoms with Gasteiger partial charge in [0.05, 0.1) is 5.41 Å². The van der Waals surface area contributed by atoms with Crippen molar-refractivity contribution in [2.24, 2.45) is 23.0 Å². The number of rotatable bonds is 3. The summed E-state index contributed by atoms with van der Waals surface area (Å²) in [5, 5.41) is 9.51. The summed E-state index contributed by atoms with van der Waals surface area (Å²) >= 11 is 0. The van der Waals surface area contributed by atoms with Crippen LogP contribution in [0.25, 0.3) is 0 Å². The number of hydrogen-bond donors (Lipinski definition) is 2. The standard InChI is InChI=1S/C14H25N3O3/c1-10(2)14(12(18)19)4-6-17(9-14)13(20)16-5-3-11(7-15)8-16/h10-11H,3-9,15H2,1-2H3,(H,18,19). The maximum absolute atomic E-state index is 12.5. The van der Waals surface area contributed by atoms with E-state index >= 15 is 0 Å². The van der Waals surface area contributed by atoms with E-state index in [1.165, 1.54) is 0 Å². The molecule has 114 valence electrons. The molecule has 0 aliphatic carbocycles. The molecular weight excluding hydrogens is 258 g/mol. The predicted octanol–water partition coefficient (Wildman–Crippen LogP) is 0.820. The Bertz CT molecular complexity index is 399. The molecule has 2 saturated heterocycles. The van der Waals surface area contributed by atoms with Crippen LogP contribution in [0.4, 0.5) is 4.79 Å². The maximum Gasteiger partial charge on any atom is 0.320 e. The van der Waals surface area contributed by atoms with Gasteiger partial charge in [-0.2, -0.15) is 0 Å². The van der Waals surface area contributed by atoms with Gasteiger partial charge in [-0.1, -0.05) is 13.8 Å². The number of carbonyl (C=O) groups is 2. The molecule has 2 heterocycles. The van der Waals surface area contributed by atoms with Gasteiger partial charge in [-0.25, -0.2) is 4.79 Å². The smallest absolute Gasteiger partial charge is 0.320 e. The van der Waals surface area contributed by atoms with Gasteiger partial charge < -0.3 is 20.6 Å². The van der Waals surface area contributed by atoms with Gasteiger partial charge in [0.15, 0.2) is 0 Å². The fraction of sp³-hybridized carbons (Fsp3) is 0.857. The Hall–Kier alpha value is -1.30. The molecule has 3 N–H and O–H groups in total. The molecular formula is C14H25N3O3. The van der Waals surface area contributed by atoms with Crippen molar-refractivity contribution < 1.29 is 14.7 Å². The number of likely N-dealkylation sites (tertiary alicyclic amines) is 2. The molecule has 20 heavy (non-hydrogen) atoms. The number of carbonyl (C=O) groups excluding carboxylic acids is 1. The minimum absolute atomic E-state index is 0.0215. The summed E-state index contributed by atoms with van der Waals surface area (Å²) in [7, 11) is 0. The zero-order chi connectivity index (χ0) is 14.9. The molecule has 2 amide bonds. The van der Waals surface area contributed by atoms with E-state index in [0.717, 1.165) is 13.0 Å². The summed E-state index contributed by atoms with van der Waals surface area (Å²) < 4.78 is 0. The van der Waals surface area contributed by atoms with Crippen LogP contribution in [0.5, 0.6) is 0 Å². The van der Waals surface area contributed by atoms with E-state index < -0.39 is 11.4 Å². The van der Waals surface area contributed by atoms with E-state index in [2.05, 4.69) is 0 Å². The number of hydrogen-bond acceptors (Lipinski definition) is 3. The zero-order valence-electron chi connectivity index (χ0n) is 12.3. The summed E-state index contributed by atoms with van der Waals surface area (Å²) in [6.07, 6.45) is 1.49. The van der Waals surface area contributed by atoms with Gasteiger partial charge >= 0.3 is 12.0 Å². The minimum Gasteiger partial charge on any atom is -0.481 e. The highest BCUT2D eigenvalue weighted by Gasteiger charge is 2.49. The van der Waals surface area contributed by atoms with Crippen LogP contribution in [0.15, 0.2) is 0 Å². The van der Waals surface area contributed by atoms with Crippen molar-refractivity contribution in [3.8, 4) is 0 Å². The Morgan fingerprint density at radius 3 is 2.50 bits per heavy atom. The van der Waals surface area contributed by atoms with E-state index in [4.69, 9.17) is 5.73 Å². The van der Waals surface area contributed by atoms with Crippen molar-refractivity contribution >= 4 is 12.0 Å². The monoisotopic (exact) mass is 283 g/mol. The average molecular weight is 283 g/mol. The third-order valence-electron chi connectivity index (χ3n) is 4.99. The highest BCUT2D eigenvalue weighted by atomic mass is 16.4. The molecule has 2 fully saturated rings. The van der Waals surface area contributed by atoms with Crippen molar-refractivity contribution in [3.63, 3.8) is 0 Å². The average Bonchev–Trinajstić information content (AvgIpc) is 3.05. The van der Waals surface area contributed by atoms with Crippen molar-refractivity contribution in [1.82, 2.24) is 9.80 Å². The van der Waals surface area contributed by atoms with Crippen LogP contribution in [0.3, 0.4) is 0 Å². The van der Waals surface area contributed by atoms with Crippen LogP contribution in [0, 0.1) is 17.3 Å². The summed E-state index contributed by atoms with van der Waals surface area (Å²) in [5.74, 6) is -0.381. The fourth-order valence-corrected chi connectivity index (χ4v) is 3.29. The van der Waals surface area contributed by atoms with E-state index in [0.29, 0.717) is 38.5 Å². The molecule has 6 heteroatoms. The number of amides is 2. The number of aliphatic carboxylic acids is 1. The van der Waals surface area contributed by atoms with Gasteiger partial charge in [0.2, 0.25) is 0 Å². The third kappa shape index (κ3) is 2.49. The van der Waals surface area contributed by atoms with Crippen molar-refractivity contribution in [1.29, 1.82) is 0 Å². The second-order valence-corrected chi connectivity index (χ2v) is 6.41. The molecule has 0 spiro atoms. The first-order chi connectivity index (χ1) is 9.40. The van der Waals surface area contributed by atoms with E-state index in [1.807, 2.05) is 18.7 Å². The van der Waals surface area contributed by atoms with Gasteiger partial charge in [0.1, 0.15) is 0 Å². The first-order valence-corrected chi connectivity index (χ1v) is 7.38. The van der Waals surface area contributed by atoms with Crippen molar-refractivity contribution in [3.05, 3.63) is 0 Å². The molecule has 2 aliphatic rings. The SMILES string of the molecule is CC(C)C1(C(=O)O)CCN(C(=O)N2CCC(CN)C2)C1. The Morgan fingerprint density at radius 1 is 1.35 bits per heavy atom. The lowest BCUT2D eigenvalue weighted by atomic mass is 9.76. The summed E-state index contributed by atoms with van der Waals surface area (Å²) in [4.78, 5) is 27.6. The normalized spacial score (nSPS) is 30.3. The molecule has 6 nitrogen and oxygen atoms in total. The van der Waals surface area contributed by atoms with Gasteiger partial charge in [0, 0.05) is 26.2 Å². The predicted molar refractivity (Wildman–Crippen MR) is 75.2 cm³/mol. The Balaban J connectivity index is 2.02. The van der Waals surface area contributed by atoms with E-state index in [9.17, 15) is 14.7 Å². The van der Waals surface area contributed by atoms with Crippen LogP contribution in [0.1, 0.15) is 26.7 Å². The molecule has 0 aromatic heterocycles. The fourth-order valence-electron chi connectivity index (χ4n) is 3.29. The highest BCUT2D eigenvalue weighted by Crippen LogP contribution is 2.38. The molecule has 0 radical (unpaired) electrons. The molecule has 0 aromatic rings. The first kappa shape index (κ1) is 15.1. The molecule has 0 aromatic carbocycles. The quantitative estimate of drug-likeness (QED) is 0.803. The second-order valence-electron chi connectivity index (χ2n) is 6.41. The number of nitrogens with two attached hydrogens (primary N) is 1. The topological polar surface area (TPSA) is 86.9 Å². The van der Waals surface area contributed by atoms with Crippen LogP contribution >= 0.6 is 0 Å². The number of carboxylic acids is 1. The van der Waals surface area contributed by atoms with Crippen LogP contribution in [-0.2, 0) is 4.79 Å². The lowest BCUT2D eigenvalue weighted by molar-refractivity contribution is -0.150. The molecule has 2 unspecified atom stereocenters. The minimum atomic E-state index is -0.789. The second kappa shape index (κ2) is 5.60. The third-order valence-corrected chi connectivity index (χ3v) is 4.99. The molecule has 2 atom stereocenters. The van der Waals surface area contributed by atoms with E-state index in [-0.39, 0.29) is 11.9 Å².